The Bertz CT molecular complexity index is 322. The summed E-state index contributed by atoms with van der Waals surface area (Å²) in [7, 11) is 0. The monoisotopic (exact) mass is 205 g/mol. The zero-order valence-electron chi connectivity index (χ0n) is 9.70. The Kier molecular flexibility index (Phi) is 3.83. The Hall–Kier alpha value is -1.38. The third-order valence-corrected chi connectivity index (χ3v) is 2.17. The highest BCUT2D eigenvalue weighted by atomic mass is 14.9. The lowest BCUT2D eigenvalue weighted by Crippen LogP contribution is -2.29. The van der Waals surface area contributed by atoms with E-state index in [4.69, 9.17) is 5.73 Å². The van der Waals surface area contributed by atoms with Gasteiger partial charge in [-0.25, -0.2) is 0 Å². The maximum absolute atomic E-state index is 5.85. The molecule has 0 saturated heterocycles. The van der Waals surface area contributed by atoms with Crippen LogP contribution in [0.1, 0.15) is 26.3 Å². The molecule has 0 radical (unpaired) electrons. The van der Waals surface area contributed by atoms with Crippen LogP contribution in [0.4, 0.5) is 0 Å². The molecule has 82 valence electrons. The summed E-state index contributed by atoms with van der Waals surface area (Å²) < 4.78 is 0. The number of hydrogen-bond acceptors (Lipinski definition) is 2. The number of hydrogen-bond donors (Lipinski definition) is 1. The van der Waals surface area contributed by atoms with E-state index in [-0.39, 0.29) is 5.41 Å². The Balaban J connectivity index is 2.46. The van der Waals surface area contributed by atoms with Crippen molar-refractivity contribution in [1.82, 2.24) is 4.98 Å². The quantitative estimate of drug-likeness (QED) is 0.606. The summed E-state index contributed by atoms with van der Waals surface area (Å²) in [5.74, 6) is 0.714. The van der Waals surface area contributed by atoms with Gasteiger partial charge in [-0.15, -0.1) is 0 Å². The van der Waals surface area contributed by atoms with E-state index in [0.717, 1.165) is 13.0 Å². The standard InChI is InChI=1S/C12H19N3/c1-12(2,3)11(13)15-8-6-10-5-4-7-14-9-10/h4-5,7,9H,6,8H2,1-3H3,(H2,13,15). The number of pyridine rings is 1. The van der Waals surface area contributed by atoms with Gasteiger partial charge in [0.25, 0.3) is 0 Å². The maximum atomic E-state index is 5.85. The van der Waals surface area contributed by atoms with Crippen LogP contribution in [0.25, 0.3) is 0 Å². The molecule has 1 rings (SSSR count). The van der Waals surface area contributed by atoms with Gasteiger partial charge in [-0.2, -0.15) is 0 Å². The lowest BCUT2D eigenvalue weighted by atomic mass is 9.95. The van der Waals surface area contributed by atoms with Crippen molar-refractivity contribution < 1.29 is 0 Å². The van der Waals surface area contributed by atoms with Gasteiger partial charge in [0, 0.05) is 24.4 Å². The molecule has 0 bridgehead atoms. The molecule has 0 aliphatic heterocycles. The summed E-state index contributed by atoms with van der Waals surface area (Å²) in [5.41, 5.74) is 7.01. The minimum atomic E-state index is -0.0328. The van der Waals surface area contributed by atoms with Gasteiger partial charge in [0.1, 0.15) is 0 Å². The van der Waals surface area contributed by atoms with Crippen molar-refractivity contribution in [2.75, 3.05) is 6.54 Å². The highest BCUT2D eigenvalue weighted by Crippen LogP contribution is 2.12. The Labute approximate surface area is 91.4 Å². The second kappa shape index (κ2) is 4.91. The van der Waals surface area contributed by atoms with Gasteiger partial charge in [0.05, 0.1) is 5.84 Å². The van der Waals surface area contributed by atoms with E-state index in [1.807, 2.05) is 12.3 Å². The van der Waals surface area contributed by atoms with E-state index in [1.165, 1.54) is 5.56 Å². The minimum absolute atomic E-state index is 0.0328. The number of rotatable bonds is 3. The largest absolute Gasteiger partial charge is 0.387 e. The fourth-order valence-corrected chi connectivity index (χ4v) is 1.09. The molecule has 3 heteroatoms. The zero-order valence-corrected chi connectivity index (χ0v) is 9.70. The Morgan fingerprint density at radius 2 is 2.20 bits per heavy atom. The van der Waals surface area contributed by atoms with Crippen LogP contribution in [0.5, 0.6) is 0 Å². The van der Waals surface area contributed by atoms with Gasteiger partial charge >= 0.3 is 0 Å². The summed E-state index contributed by atoms with van der Waals surface area (Å²) in [5, 5.41) is 0. The van der Waals surface area contributed by atoms with Crippen LogP contribution in [0.15, 0.2) is 29.5 Å². The molecule has 15 heavy (non-hydrogen) atoms. The minimum Gasteiger partial charge on any atom is -0.387 e. The molecular formula is C12H19N3. The van der Waals surface area contributed by atoms with Gasteiger partial charge in [-0.05, 0) is 18.1 Å². The van der Waals surface area contributed by atoms with Crippen LogP contribution >= 0.6 is 0 Å². The molecule has 1 aromatic heterocycles. The first-order chi connectivity index (χ1) is 7.00. The van der Waals surface area contributed by atoms with Crippen molar-refractivity contribution >= 4 is 5.84 Å². The molecule has 0 amide bonds. The molecule has 3 nitrogen and oxygen atoms in total. The summed E-state index contributed by atoms with van der Waals surface area (Å²) >= 11 is 0. The second-order valence-electron chi connectivity index (χ2n) is 4.63. The number of amidine groups is 1. The molecule has 0 fully saturated rings. The van der Waals surface area contributed by atoms with Crippen molar-refractivity contribution in [1.29, 1.82) is 0 Å². The van der Waals surface area contributed by atoms with Crippen LogP contribution in [0, 0.1) is 5.41 Å². The van der Waals surface area contributed by atoms with E-state index in [9.17, 15) is 0 Å². The van der Waals surface area contributed by atoms with Crippen molar-refractivity contribution in [3.8, 4) is 0 Å². The van der Waals surface area contributed by atoms with Gasteiger partial charge in [-0.1, -0.05) is 26.8 Å². The normalized spacial score (nSPS) is 12.9. The molecular weight excluding hydrogens is 186 g/mol. The first-order valence-corrected chi connectivity index (χ1v) is 5.19. The Morgan fingerprint density at radius 1 is 1.47 bits per heavy atom. The lowest BCUT2D eigenvalue weighted by molar-refractivity contribution is 0.581. The van der Waals surface area contributed by atoms with Crippen LogP contribution in [0.2, 0.25) is 0 Å². The van der Waals surface area contributed by atoms with Crippen molar-refractivity contribution in [2.24, 2.45) is 16.1 Å². The van der Waals surface area contributed by atoms with E-state index < -0.39 is 0 Å². The van der Waals surface area contributed by atoms with Gasteiger partial charge < -0.3 is 5.73 Å². The van der Waals surface area contributed by atoms with Crippen LogP contribution < -0.4 is 5.73 Å². The summed E-state index contributed by atoms with van der Waals surface area (Å²) in [4.78, 5) is 8.41. The Morgan fingerprint density at radius 3 is 2.73 bits per heavy atom. The van der Waals surface area contributed by atoms with E-state index in [0.29, 0.717) is 5.84 Å². The molecule has 1 aromatic rings. The number of aromatic nitrogens is 1. The van der Waals surface area contributed by atoms with Crippen LogP contribution in [0.3, 0.4) is 0 Å². The molecule has 2 N–H and O–H groups in total. The molecule has 0 aromatic carbocycles. The molecule has 0 saturated carbocycles. The third kappa shape index (κ3) is 4.11. The molecule has 0 aliphatic carbocycles. The summed E-state index contributed by atoms with van der Waals surface area (Å²) in [6.07, 6.45) is 4.53. The summed E-state index contributed by atoms with van der Waals surface area (Å²) in [6, 6.07) is 3.99. The predicted molar refractivity (Wildman–Crippen MR) is 63.9 cm³/mol. The SMILES string of the molecule is CC(C)(C)C(N)=NCCc1cccnc1. The molecule has 0 atom stereocenters. The maximum Gasteiger partial charge on any atom is 0.0991 e. The molecule has 0 aliphatic rings. The van der Waals surface area contributed by atoms with Crippen molar-refractivity contribution in [3.63, 3.8) is 0 Å². The van der Waals surface area contributed by atoms with Gasteiger partial charge in [0.15, 0.2) is 0 Å². The highest BCUT2D eigenvalue weighted by Gasteiger charge is 2.14. The van der Waals surface area contributed by atoms with Crippen molar-refractivity contribution in [3.05, 3.63) is 30.1 Å². The smallest absolute Gasteiger partial charge is 0.0991 e. The number of nitrogens with zero attached hydrogens (tertiary/aromatic N) is 2. The topological polar surface area (TPSA) is 51.3 Å². The predicted octanol–water partition coefficient (Wildman–Crippen LogP) is 2.03. The van der Waals surface area contributed by atoms with E-state index in [1.54, 1.807) is 6.20 Å². The highest BCUT2D eigenvalue weighted by molar-refractivity contribution is 5.85. The van der Waals surface area contributed by atoms with Crippen molar-refractivity contribution in [2.45, 2.75) is 27.2 Å². The molecule has 0 spiro atoms. The van der Waals surface area contributed by atoms with Crippen LogP contribution in [-0.4, -0.2) is 17.4 Å². The molecule has 1 heterocycles. The molecule has 0 unspecified atom stereocenters. The van der Waals surface area contributed by atoms with Crippen LogP contribution in [-0.2, 0) is 6.42 Å². The average molecular weight is 205 g/mol. The lowest BCUT2D eigenvalue weighted by Gasteiger charge is -2.17. The zero-order chi connectivity index (χ0) is 11.3. The average Bonchev–Trinajstić information content (AvgIpc) is 2.18. The number of nitrogens with two attached hydrogens (primary N) is 1. The first-order valence-electron chi connectivity index (χ1n) is 5.19. The summed E-state index contributed by atoms with van der Waals surface area (Å²) in [6.45, 7) is 6.93. The fourth-order valence-electron chi connectivity index (χ4n) is 1.09. The third-order valence-electron chi connectivity index (χ3n) is 2.17. The van der Waals surface area contributed by atoms with Gasteiger partial charge in [0.2, 0.25) is 0 Å². The number of aliphatic imine (C=N–C) groups is 1. The van der Waals surface area contributed by atoms with E-state index in [2.05, 4.69) is 36.8 Å². The first kappa shape index (κ1) is 11.7. The van der Waals surface area contributed by atoms with Gasteiger partial charge in [-0.3, -0.25) is 9.98 Å². The second-order valence-corrected chi connectivity index (χ2v) is 4.63. The fraction of sp³-hybridized carbons (Fsp3) is 0.500. The van der Waals surface area contributed by atoms with E-state index >= 15 is 0 Å².